The van der Waals surface area contributed by atoms with Crippen LogP contribution in [0, 0.1) is 6.92 Å². The maximum Gasteiger partial charge on any atom is 0.0768 e. The second kappa shape index (κ2) is 3.98. The molecule has 0 amide bonds. The zero-order chi connectivity index (χ0) is 10.9. The number of hydrogen-bond donors (Lipinski definition) is 3. The van der Waals surface area contributed by atoms with Gasteiger partial charge in [-0.1, -0.05) is 6.07 Å². The molecule has 0 radical (unpaired) electrons. The Morgan fingerprint density at radius 2 is 1.71 bits per heavy atom. The molecule has 1 rings (SSSR count). The monoisotopic (exact) mass is 195 g/mol. The van der Waals surface area contributed by atoms with Crippen LogP contribution in [0.3, 0.4) is 0 Å². The molecule has 0 heterocycles. The largest absolute Gasteiger partial charge is 0.399 e. The minimum absolute atomic E-state index is 0.584. The molecule has 78 valence electrons. The molecule has 0 aliphatic rings. The number of nitrogens with two attached hydrogens (primary N) is 1. The van der Waals surface area contributed by atoms with Crippen LogP contribution in [0.4, 0.5) is 5.69 Å². The van der Waals surface area contributed by atoms with E-state index in [1.165, 1.54) is 0 Å². The van der Waals surface area contributed by atoms with E-state index in [4.69, 9.17) is 5.73 Å². The van der Waals surface area contributed by atoms with Crippen molar-refractivity contribution in [1.82, 2.24) is 0 Å². The van der Waals surface area contributed by atoms with Crippen molar-refractivity contribution in [2.75, 3.05) is 5.73 Å². The molecule has 0 aliphatic carbocycles. The summed E-state index contributed by atoms with van der Waals surface area (Å²) in [5, 5.41) is 19.1. The quantitative estimate of drug-likeness (QED) is 0.629. The molecular weight excluding hydrogens is 178 g/mol. The third-order valence-electron chi connectivity index (χ3n) is 2.46. The summed E-state index contributed by atoms with van der Waals surface area (Å²) in [7, 11) is 0. The van der Waals surface area contributed by atoms with Crippen LogP contribution in [0.5, 0.6) is 0 Å². The molecule has 2 unspecified atom stereocenters. The van der Waals surface area contributed by atoms with E-state index in [9.17, 15) is 10.2 Å². The van der Waals surface area contributed by atoms with Crippen molar-refractivity contribution in [3.8, 4) is 0 Å². The van der Waals surface area contributed by atoms with Gasteiger partial charge in [-0.15, -0.1) is 0 Å². The number of hydrogen-bond acceptors (Lipinski definition) is 3. The van der Waals surface area contributed by atoms with Gasteiger partial charge in [0.2, 0.25) is 0 Å². The predicted molar refractivity (Wildman–Crippen MR) is 56.9 cm³/mol. The smallest absolute Gasteiger partial charge is 0.0768 e. The van der Waals surface area contributed by atoms with Crippen LogP contribution < -0.4 is 5.73 Å². The van der Waals surface area contributed by atoms with Crippen molar-refractivity contribution in [3.63, 3.8) is 0 Å². The van der Waals surface area contributed by atoms with E-state index in [0.29, 0.717) is 5.69 Å². The fourth-order valence-corrected chi connectivity index (χ4v) is 1.69. The third kappa shape index (κ3) is 1.89. The molecule has 1 aromatic carbocycles. The Morgan fingerprint density at radius 1 is 1.14 bits per heavy atom. The minimum atomic E-state index is -0.608. The number of benzene rings is 1. The van der Waals surface area contributed by atoms with Gasteiger partial charge in [0, 0.05) is 5.69 Å². The van der Waals surface area contributed by atoms with Crippen LogP contribution >= 0.6 is 0 Å². The van der Waals surface area contributed by atoms with Gasteiger partial charge in [-0.2, -0.15) is 0 Å². The highest BCUT2D eigenvalue weighted by atomic mass is 16.3. The summed E-state index contributed by atoms with van der Waals surface area (Å²) >= 11 is 0. The fraction of sp³-hybridized carbons (Fsp3) is 0.455. The number of anilines is 1. The summed E-state index contributed by atoms with van der Waals surface area (Å²) in [5.41, 5.74) is 8.70. The molecule has 14 heavy (non-hydrogen) atoms. The molecule has 0 saturated carbocycles. The second-order valence-electron chi connectivity index (χ2n) is 3.63. The standard InChI is InChI=1S/C11H17NO2/c1-6-10(12)5-4-9(7(2)13)11(6)8(3)14/h4-5,7-8,13-14H,12H2,1-3H3. The van der Waals surface area contributed by atoms with E-state index in [-0.39, 0.29) is 0 Å². The maximum atomic E-state index is 9.59. The SMILES string of the molecule is Cc1c(N)ccc(C(C)O)c1C(C)O. The molecule has 3 heteroatoms. The number of aliphatic hydroxyl groups is 2. The van der Waals surface area contributed by atoms with Gasteiger partial charge in [0.05, 0.1) is 12.2 Å². The molecule has 4 N–H and O–H groups in total. The van der Waals surface area contributed by atoms with Crippen LogP contribution in [0.2, 0.25) is 0 Å². The van der Waals surface area contributed by atoms with Gasteiger partial charge in [0.15, 0.2) is 0 Å². The van der Waals surface area contributed by atoms with Crippen molar-refractivity contribution in [2.24, 2.45) is 0 Å². The summed E-state index contributed by atoms with van der Waals surface area (Å²) in [6.45, 7) is 5.20. The number of nitrogen functional groups attached to an aromatic ring is 1. The Kier molecular flexibility index (Phi) is 3.13. The van der Waals surface area contributed by atoms with Crippen LogP contribution in [0.15, 0.2) is 12.1 Å². The zero-order valence-electron chi connectivity index (χ0n) is 8.78. The first kappa shape index (κ1) is 11.0. The van der Waals surface area contributed by atoms with E-state index in [1.807, 2.05) is 6.92 Å². The van der Waals surface area contributed by atoms with Gasteiger partial charge in [0.1, 0.15) is 0 Å². The van der Waals surface area contributed by atoms with Gasteiger partial charge in [-0.05, 0) is 43.5 Å². The van der Waals surface area contributed by atoms with Gasteiger partial charge < -0.3 is 15.9 Å². The lowest BCUT2D eigenvalue weighted by Crippen LogP contribution is -2.06. The van der Waals surface area contributed by atoms with Crippen molar-refractivity contribution in [1.29, 1.82) is 0 Å². The fourth-order valence-electron chi connectivity index (χ4n) is 1.69. The van der Waals surface area contributed by atoms with Gasteiger partial charge in [-0.25, -0.2) is 0 Å². The van der Waals surface area contributed by atoms with Crippen molar-refractivity contribution < 1.29 is 10.2 Å². The first-order valence-electron chi connectivity index (χ1n) is 4.70. The molecule has 0 spiro atoms. The highest BCUT2D eigenvalue weighted by Crippen LogP contribution is 2.30. The van der Waals surface area contributed by atoms with E-state index < -0.39 is 12.2 Å². The Morgan fingerprint density at radius 3 is 2.14 bits per heavy atom. The molecular formula is C11H17NO2. The summed E-state index contributed by atoms with van der Waals surface area (Å²) in [6, 6.07) is 3.51. The molecule has 1 aromatic rings. The Balaban J connectivity index is 3.38. The van der Waals surface area contributed by atoms with Gasteiger partial charge >= 0.3 is 0 Å². The average molecular weight is 195 g/mol. The Labute approximate surface area is 84.2 Å². The summed E-state index contributed by atoms with van der Waals surface area (Å²) in [5.74, 6) is 0. The van der Waals surface area contributed by atoms with Gasteiger partial charge in [-0.3, -0.25) is 0 Å². The topological polar surface area (TPSA) is 66.5 Å². The van der Waals surface area contributed by atoms with E-state index in [0.717, 1.165) is 16.7 Å². The first-order chi connectivity index (χ1) is 6.45. The molecule has 0 saturated heterocycles. The summed E-state index contributed by atoms with van der Waals surface area (Å²) < 4.78 is 0. The first-order valence-corrected chi connectivity index (χ1v) is 4.70. The minimum Gasteiger partial charge on any atom is -0.399 e. The highest BCUT2D eigenvalue weighted by molar-refractivity contribution is 5.54. The summed E-state index contributed by atoms with van der Waals surface area (Å²) in [6.07, 6.45) is -1.19. The maximum absolute atomic E-state index is 9.59. The molecule has 0 fully saturated rings. The van der Waals surface area contributed by atoms with E-state index in [2.05, 4.69) is 0 Å². The van der Waals surface area contributed by atoms with Crippen molar-refractivity contribution in [3.05, 3.63) is 28.8 Å². The highest BCUT2D eigenvalue weighted by Gasteiger charge is 2.15. The number of rotatable bonds is 2. The third-order valence-corrected chi connectivity index (χ3v) is 2.46. The lowest BCUT2D eigenvalue weighted by molar-refractivity contribution is 0.175. The molecule has 0 aliphatic heterocycles. The van der Waals surface area contributed by atoms with Crippen LogP contribution in [-0.4, -0.2) is 10.2 Å². The normalized spacial score (nSPS) is 15.2. The molecule has 2 atom stereocenters. The van der Waals surface area contributed by atoms with E-state index in [1.54, 1.807) is 26.0 Å². The van der Waals surface area contributed by atoms with Crippen LogP contribution in [-0.2, 0) is 0 Å². The lowest BCUT2D eigenvalue weighted by atomic mass is 9.94. The molecule has 0 aromatic heterocycles. The summed E-state index contributed by atoms with van der Waals surface area (Å²) in [4.78, 5) is 0. The van der Waals surface area contributed by atoms with Crippen molar-refractivity contribution in [2.45, 2.75) is 33.0 Å². The molecule has 0 bridgehead atoms. The Hall–Kier alpha value is -1.06. The number of aliphatic hydroxyl groups excluding tert-OH is 2. The average Bonchev–Trinajstić information content (AvgIpc) is 2.08. The molecule has 3 nitrogen and oxygen atoms in total. The van der Waals surface area contributed by atoms with Crippen LogP contribution in [0.1, 0.15) is 42.7 Å². The Bertz CT molecular complexity index is 332. The van der Waals surface area contributed by atoms with Gasteiger partial charge in [0.25, 0.3) is 0 Å². The zero-order valence-corrected chi connectivity index (χ0v) is 8.78. The van der Waals surface area contributed by atoms with Crippen LogP contribution in [0.25, 0.3) is 0 Å². The predicted octanol–water partition coefficient (Wildman–Crippen LogP) is 1.68. The van der Waals surface area contributed by atoms with Crippen molar-refractivity contribution >= 4 is 5.69 Å². The lowest BCUT2D eigenvalue weighted by Gasteiger charge is -2.18. The van der Waals surface area contributed by atoms with E-state index >= 15 is 0 Å². The second-order valence-corrected chi connectivity index (χ2v) is 3.63.